The first-order valence-electron chi connectivity index (χ1n) is 16.0. The molecule has 0 spiro atoms. The molecule has 2 fully saturated rings. The van der Waals surface area contributed by atoms with Gasteiger partial charge in [0, 0.05) is 0 Å². The Labute approximate surface area is 299 Å². The van der Waals surface area contributed by atoms with Gasteiger partial charge in [0.05, 0.1) is 12.2 Å². The fourth-order valence-corrected chi connectivity index (χ4v) is 6.90. The minimum atomic E-state index is -5.43. The number of fused-ring (bicyclic) bond motifs is 5. The Bertz CT molecular complexity index is 1110. The van der Waals surface area contributed by atoms with Crippen molar-refractivity contribution >= 4 is 14.8 Å². The summed E-state index contributed by atoms with van der Waals surface area (Å²) in [5.41, 5.74) is 2.73. The maximum atomic E-state index is 11.8. The number of aryl methyl sites for hydroxylation is 1. The number of alkyl halides is 5. The van der Waals surface area contributed by atoms with E-state index in [2.05, 4.69) is 40.7 Å². The Morgan fingerprint density at radius 3 is 2.27 bits per heavy atom. The molecule has 49 heavy (non-hydrogen) atoms. The van der Waals surface area contributed by atoms with Gasteiger partial charge in [0.2, 0.25) is 6.79 Å². The Balaban J connectivity index is 0.00000107. The molecule has 4 rings (SSSR count). The van der Waals surface area contributed by atoms with Crippen LogP contribution >= 0.6 is 8.60 Å². The molecule has 0 saturated heterocycles. The fourth-order valence-electron chi connectivity index (χ4n) is 6.41. The molecule has 3 aliphatic carbocycles. The van der Waals surface area contributed by atoms with Gasteiger partial charge < -0.3 is 44.3 Å². The van der Waals surface area contributed by atoms with Crippen molar-refractivity contribution in [3.63, 3.8) is 0 Å². The van der Waals surface area contributed by atoms with E-state index in [0.717, 1.165) is 55.9 Å². The Morgan fingerprint density at radius 2 is 1.76 bits per heavy atom. The summed E-state index contributed by atoms with van der Waals surface area (Å²) in [6.07, 6.45) is -0.796. The number of hydrogen-bond acceptors (Lipinski definition) is 8. The van der Waals surface area contributed by atoms with Gasteiger partial charge in [-0.3, -0.25) is 4.52 Å². The summed E-state index contributed by atoms with van der Waals surface area (Å²) in [7, 11) is -2.22. The molecule has 6 unspecified atom stereocenters. The Morgan fingerprint density at radius 1 is 1.14 bits per heavy atom. The van der Waals surface area contributed by atoms with E-state index >= 15 is 0 Å². The predicted octanol–water partition coefficient (Wildman–Crippen LogP) is 10.2. The van der Waals surface area contributed by atoms with Gasteiger partial charge in [-0.15, -0.1) is 0 Å². The van der Waals surface area contributed by atoms with E-state index in [1.165, 1.54) is 23.5 Å². The van der Waals surface area contributed by atoms with Crippen LogP contribution in [0, 0.1) is 37.5 Å². The summed E-state index contributed by atoms with van der Waals surface area (Å²) in [4.78, 5) is 21.3. The standard InChI is InChI=1S/C23H33O7P.C5H6F5.C5H11.CH3.O.V/c1-14(2)29-22(25)27-13-28-31(26)30-16-5-7-17-15(12-16)4-6-19-18(17)10-11-23(3)20(19)8-9-21(23)24;1-2-3-4(6,7)5(8,9)10;1-4-5(2)3;;;/h5,7,12,14,18-21,24,26H,4,6,8-11,13H2,1-3H3;1-3H2;4H2,1-3H3;1H3;;/q;3*-1;;. The first-order chi connectivity index (χ1) is 22.4. The minimum absolute atomic E-state index is 0. The van der Waals surface area contributed by atoms with Gasteiger partial charge in [-0.1, -0.05) is 19.9 Å². The molecular weight excluding hydrogens is 713 g/mol. The fraction of sp³-hybridized carbons (Fsp3) is 0.706. The summed E-state index contributed by atoms with van der Waals surface area (Å²) in [6.45, 7) is 14.6. The first-order valence-corrected chi connectivity index (χ1v) is 17.7. The van der Waals surface area contributed by atoms with E-state index in [4.69, 9.17) is 22.2 Å². The van der Waals surface area contributed by atoms with E-state index in [9.17, 15) is 36.7 Å². The zero-order valence-electron chi connectivity index (χ0n) is 29.5. The Kier molecular flexibility index (Phi) is 21.3. The molecule has 6 atom stereocenters. The molecule has 0 heterocycles. The number of benzene rings is 1. The third-order valence-corrected chi connectivity index (χ3v) is 9.81. The second kappa shape index (κ2) is 21.9. The van der Waals surface area contributed by atoms with Crippen LogP contribution in [0.2, 0.25) is 0 Å². The molecule has 0 bridgehead atoms. The van der Waals surface area contributed by atoms with Crippen molar-refractivity contribution in [3.8, 4) is 5.75 Å². The molecule has 0 aromatic heterocycles. The van der Waals surface area contributed by atoms with Crippen LogP contribution in [0.25, 0.3) is 0 Å². The van der Waals surface area contributed by atoms with Crippen molar-refractivity contribution in [2.24, 2.45) is 17.3 Å². The first kappa shape index (κ1) is 47.6. The normalized spacial score (nSPS) is 24.5. The van der Waals surface area contributed by atoms with Gasteiger partial charge in [-0.2, -0.15) is 48.6 Å². The van der Waals surface area contributed by atoms with Crippen LogP contribution in [0.15, 0.2) is 18.2 Å². The average Bonchev–Trinajstić information content (AvgIpc) is 3.31. The predicted molar refractivity (Wildman–Crippen MR) is 173 cm³/mol. The van der Waals surface area contributed by atoms with Crippen molar-refractivity contribution in [2.75, 3.05) is 6.79 Å². The van der Waals surface area contributed by atoms with Gasteiger partial charge in [0.15, 0.2) is 0 Å². The molecule has 1 aromatic rings. The number of halogens is 5. The topological polar surface area (TPSA) is 112 Å². The zero-order valence-corrected chi connectivity index (χ0v) is 31.8. The molecule has 8 nitrogen and oxygen atoms in total. The number of hydrogen-bond donors (Lipinski definition) is 2. The molecule has 0 aliphatic heterocycles. The number of ether oxygens (including phenoxy) is 2. The monoisotopic (exact) mass is 766 g/mol. The van der Waals surface area contributed by atoms with E-state index in [-0.39, 0.29) is 25.0 Å². The third kappa shape index (κ3) is 14.3. The van der Waals surface area contributed by atoms with Gasteiger partial charge in [0.25, 0.3) is 0 Å². The molecule has 3 aliphatic rings. The molecule has 285 valence electrons. The van der Waals surface area contributed by atoms with Crippen LogP contribution < -0.4 is 4.52 Å². The SMILES string of the molecule is CC(C)OC(=O)OCOP(O)Oc1ccc2c(c1)CCC1C2CCC2(C)C(O)CCC12.CC[C-](C)C.[CH2-]CCC(F)(F)C(F)(F)F.[CH3-].[O]=[V]. The Hall–Kier alpha value is -1.37. The average molecular weight is 767 g/mol. The summed E-state index contributed by atoms with van der Waals surface area (Å²) >= 11 is 1.06. The van der Waals surface area contributed by atoms with Crippen molar-refractivity contribution < 1.29 is 76.3 Å². The van der Waals surface area contributed by atoms with Gasteiger partial charge in [0.1, 0.15) is 5.75 Å². The van der Waals surface area contributed by atoms with Gasteiger partial charge in [-0.25, -0.2) is 4.79 Å². The number of aliphatic hydroxyl groups excluding tert-OH is 1. The molecular formula is C34H53F5O8PV-3. The maximum absolute atomic E-state index is 11.8. The van der Waals surface area contributed by atoms with E-state index in [0.29, 0.717) is 23.5 Å². The molecule has 0 radical (unpaired) electrons. The molecule has 0 amide bonds. The van der Waals surface area contributed by atoms with Crippen molar-refractivity contribution in [3.05, 3.63) is 49.6 Å². The van der Waals surface area contributed by atoms with Crippen LogP contribution in [-0.4, -0.2) is 47.3 Å². The second-order valence-corrected chi connectivity index (χ2v) is 13.8. The summed E-state index contributed by atoms with van der Waals surface area (Å²) < 4.78 is 85.6. The van der Waals surface area contributed by atoms with Crippen LogP contribution in [0.4, 0.5) is 26.7 Å². The van der Waals surface area contributed by atoms with Crippen molar-refractivity contribution in [2.45, 2.75) is 130 Å². The number of carbonyl (C=O) groups is 1. The number of rotatable bonds is 9. The molecule has 2 N–H and O–H groups in total. The quantitative estimate of drug-likeness (QED) is 0.0840. The molecule has 1 aromatic carbocycles. The third-order valence-electron chi connectivity index (χ3n) is 9.12. The summed E-state index contributed by atoms with van der Waals surface area (Å²) in [5, 5.41) is 10.5. The summed E-state index contributed by atoms with van der Waals surface area (Å²) in [6, 6.07) is 5.99. The van der Waals surface area contributed by atoms with Crippen LogP contribution in [-0.2, 0) is 41.5 Å². The van der Waals surface area contributed by atoms with Crippen LogP contribution in [0.5, 0.6) is 5.75 Å². The molecule has 2 saturated carbocycles. The van der Waals surface area contributed by atoms with Crippen LogP contribution in [0.3, 0.4) is 0 Å². The second-order valence-electron chi connectivity index (χ2n) is 12.9. The van der Waals surface area contributed by atoms with Crippen LogP contribution in [0.1, 0.15) is 110 Å². The van der Waals surface area contributed by atoms with Gasteiger partial charge in [-0.05, 0) is 105 Å². The van der Waals surface area contributed by atoms with Crippen molar-refractivity contribution in [1.82, 2.24) is 0 Å². The van der Waals surface area contributed by atoms with Crippen molar-refractivity contribution in [1.29, 1.82) is 0 Å². The van der Waals surface area contributed by atoms with E-state index < -0.39 is 46.5 Å². The van der Waals surface area contributed by atoms with E-state index in [1.807, 2.05) is 12.1 Å². The number of carbonyl (C=O) groups excluding carboxylic acids is 1. The van der Waals surface area contributed by atoms with Gasteiger partial charge >= 0.3 is 47.9 Å². The number of aliphatic hydroxyl groups is 1. The summed E-state index contributed by atoms with van der Waals surface area (Å²) in [5.74, 6) is -0.747. The zero-order chi connectivity index (χ0) is 36.9. The molecule has 15 heteroatoms. The van der Waals surface area contributed by atoms with E-state index in [1.54, 1.807) is 13.8 Å².